The van der Waals surface area contributed by atoms with Gasteiger partial charge in [-0.2, -0.15) is 5.10 Å². The minimum atomic E-state index is -0.353. The predicted octanol–water partition coefficient (Wildman–Crippen LogP) is 2.42. The average Bonchev–Trinajstić information content (AvgIpc) is 3.13. The smallest absolute Gasteiger partial charge is 0.150 e. The van der Waals surface area contributed by atoms with Crippen LogP contribution in [0.4, 0.5) is 4.39 Å². The highest BCUT2D eigenvalue weighted by atomic mass is 32.2. The van der Waals surface area contributed by atoms with Crippen molar-refractivity contribution in [3.8, 4) is 11.1 Å². The number of hydrogen-bond donors (Lipinski definition) is 1. The van der Waals surface area contributed by atoms with Gasteiger partial charge in [0.2, 0.25) is 0 Å². The third kappa shape index (κ3) is 3.00. The summed E-state index contributed by atoms with van der Waals surface area (Å²) >= 11 is 0. The number of aromatic amines is 1. The quantitative estimate of drug-likeness (QED) is 0.560. The monoisotopic (exact) mass is 321 g/mol. The van der Waals surface area contributed by atoms with E-state index in [0.717, 1.165) is 11.1 Å². The minimum absolute atomic E-state index is 0.353. The van der Waals surface area contributed by atoms with Crippen LogP contribution in [0.2, 0.25) is 0 Å². The number of nitrogens with one attached hydrogen (secondary N) is 1. The molecule has 0 saturated carbocycles. The third-order valence-electron chi connectivity index (χ3n) is 3.40. The van der Waals surface area contributed by atoms with Gasteiger partial charge in [-0.15, -0.1) is 0 Å². The van der Waals surface area contributed by atoms with Gasteiger partial charge in [0.25, 0.3) is 0 Å². The molecular formula is C15H18FN4OS+. The molecule has 3 rings (SSSR count). The highest BCUT2D eigenvalue weighted by molar-refractivity contribution is 7.95. The largest absolute Gasteiger partial charge is 0.356 e. The van der Waals surface area contributed by atoms with Crippen LogP contribution in [0.5, 0.6) is 0 Å². The number of nitrogens with zero attached hydrogens (tertiary/aromatic N) is 3. The molecule has 116 valence electrons. The highest BCUT2D eigenvalue weighted by Crippen LogP contribution is 2.30. The molecule has 0 fully saturated rings. The van der Waals surface area contributed by atoms with Crippen LogP contribution < -0.4 is 0 Å². The minimum Gasteiger partial charge on any atom is -0.356 e. The summed E-state index contributed by atoms with van der Waals surface area (Å²) < 4.78 is 21.7. The van der Waals surface area contributed by atoms with Crippen molar-refractivity contribution in [3.63, 3.8) is 0 Å². The summed E-state index contributed by atoms with van der Waals surface area (Å²) in [6, 6.07) is 1.86. The lowest BCUT2D eigenvalue weighted by molar-refractivity contribution is 0.0924. The molecule has 0 radical (unpaired) electrons. The Hall–Kier alpha value is -1.86. The van der Waals surface area contributed by atoms with Gasteiger partial charge < -0.3 is 9.30 Å². The molecule has 0 aliphatic heterocycles. The Morgan fingerprint density at radius 1 is 1.36 bits per heavy atom. The first-order valence-corrected chi connectivity index (χ1v) is 9.12. The van der Waals surface area contributed by atoms with Crippen LogP contribution in [0.1, 0.15) is 0 Å². The zero-order valence-electron chi connectivity index (χ0n) is 12.5. The maximum absolute atomic E-state index is 14.1. The molecule has 0 aromatic carbocycles. The predicted molar refractivity (Wildman–Crippen MR) is 87.3 cm³/mol. The van der Waals surface area contributed by atoms with Gasteiger partial charge in [-0.25, -0.2) is 9.37 Å². The number of aromatic nitrogens is 4. The van der Waals surface area contributed by atoms with E-state index in [9.17, 15) is 4.39 Å². The second-order valence-electron chi connectivity index (χ2n) is 5.22. The molecule has 0 amide bonds. The van der Waals surface area contributed by atoms with E-state index in [4.69, 9.17) is 4.74 Å². The maximum atomic E-state index is 14.1. The normalized spacial score (nSPS) is 11.6. The fraction of sp³-hybridized carbons (Fsp3) is 0.333. The van der Waals surface area contributed by atoms with E-state index in [-0.39, 0.29) is 5.82 Å². The van der Waals surface area contributed by atoms with Crippen molar-refractivity contribution in [2.45, 2.75) is 6.73 Å². The standard InChI is InChI=1S/C15H18FN4OS/c1-22(2)6-5-21-10-20-4-3-12-14(11-7-18-19-8-11)13(16)9-17-15(12)20/h3-4,7-9H,5-6,10H2,1-2H3,(H,18,19)/q+1. The van der Waals surface area contributed by atoms with Crippen molar-refractivity contribution >= 4 is 21.9 Å². The lowest BCUT2D eigenvalue weighted by atomic mass is 10.1. The van der Waals surface area contributed by atoms with Crippen LogP contribution in [0.25, 0.3) is 22.2 Å². The topological polar surface area (TPSA) is 55.7 Å². The van der Waals surface area contributed by atoms with E-state index in [1.807, 2.05) is 16.8 Å². The Labute approximate surface area is 130 Å². The van der Waals surface area contributed by atoms with Gasteiger partial charge in [-0.05, 0) is 17.0 Å². The van der Waals surface area contributed by atoms with Crippen LogP contribution >= 0.6 is 0 Å². The molecule has 0 spiro atoms. The lowest BCUT2D eigenvalue weighted by Crippen LogP contribution is -2.11. The number of halogens is 1. The van der Waals surface area contributed by atoms with Crippen molar-refractivity contribution in [2.75, 3.05) is 24.9 Å². The zero-order valence-corrected chi connectivity index (χ0v) is 13.4. The Balaban J connectivity index is 1.87. The summed E-state index contributed by atoms with van der Waals surface area (Å²) in [6.45, 7) is 1.13. The first kappa shape index (κ1) is 15.1. The second kappa shape index (κ2) is 6.50. The maximum Gasteiger partial charge on any atom is 0.150 e. The third-order valence-corrected chi connectivity index (χ3v) is 4.38. The number of hydrogen-bond acceptors (Lipinski definition) is 3. The molecule has 3 aromatic rings. The molecule has 0 unspecified atom stereocenters. The Bertz CT molecular complexity index is 754. The van der Waals surface area contributed by atoms with Crippen LogP contribution in [0, 0.1) is 5.82 Å². The summed E-state index contributed by atoms with van der Waals surface area (Å²) in [6.07, 6.45) is 10.8. The summed E-state index contributed by atoms with van der Waals surface area (Å²) in [5.41, 5.74) is 1.94. The number of pyridine rings is 1. The van der Waals surface area contributed by atoms with Gasteiger partial charge in [-0.1, -0.05) is 0 Å². The number of ether oxygens (including phenoxy) is 1. The van der Waals surface area contributed by atoms with E-state index in [1.165, 1.54) is 6.20 Å². The molecular weight excluding hydrogens is 303 g/mol. The summed E-state index contributed by atoms with van der Waals surface area (Å²) in [4.78, 5) is 4.20. The summed E-state index contributed by atoms with van der Waals surface area (Å²) in [7, 11) is 0.372. The molecule has 22 heavy (non-hydrogen) atoms. The van der Waals surface area contributed by atoms with E-state index >= 15 is 0 Å². The average molecular weight is 321 g/mol. The van der Waals surface area contributed by atoms with E-state index < -0.39 is 0 Å². The lowest BCUT2D eigenvalue weighted by Gasteiger charge is -2.07. The first-order chi connectivity index (χ1) is 10.7. The molecule has 3 heterocycles. The van der Waals surface area contributed by atoms with Crippen LogP contribution in [0.15, 0.2) is 30.9 Å². The van der Waals surface area contributed by atoms with Crippen LogP contribution in [-0.2, 0) is 22.4 Å². The number of H-pyrrole nitrogens is 1. The first-order valence-electron chi connectivity index (χ1n) is 6.91. The van der Waals surface area contributed by atoms with Crippen molar-refractivity contribution in [3.05, 3.63) is 36.7 Å². The molecule has 0 atom stereocenters. The van der Waals surface area contributed by atoms with E-state index in [1.54, 1.807) is 12.4 Å². The molecule has 0 bridgehead atoms. The molecule has 0 aliphatic carbocycles. The second-order valence-corrected chi connectivity index (χ2v) is 7.60. The van der Waals surface area contributed by atoms with E-state index in [0.29, 0.717) is 41.0 Å². The highest BCUT2D eigenvalue weighted by Gasteiger charge is 2.15. The van der Waals surface area contributed by atoms with Crippen molar-refractivity contribution < 1.29 is 9.13 Å². The van der Waals surface area contributed by atoms with Gasteiger partial charge >= 0.3 is 0 Å². The SMILES string of the molecule is C[S+](C)CCOCn1ccc2c(-c3cn[nH]c3)c(F)cnc21. The van der Waals surface area contributed by atoms with E-state index in [2.05, 4.69) is 27.7 Å². The molecule has 1 N–H and O–H groups in total. The molecule has 3 aromatic heterocycles. The van der Waals surface area contributed by atoms with Gasteiger partial charge in [-0.3, -0.25) is 5.10 Å². The fourth-order valence-corrected chi connectivity index (χ4v) is 2.74. The van der Waals surface area contributed by atoms with Gasteiger partial charge in [0, 0.05) is 28.9 Å². The Morgan fingerprint density at radius 3 is 2.95 bits per heavy atom. The van der Waals surface area contributed by atoms with Gasteiger partial charge in [0.15, 0.2) is 0 Å². The van der Waals surface area contributed by atoms with Crippen LogP contribution in [0.3, 0.4) is 0 Å². The molecule has 5 nitrogen and oxygen atoms in total. The van der Waals surface area contributed by atoms with Gasteiger partial charge in [0.1, 0.15) is 23.9 Å². The van der Waals surface area contributed by atoms with Gasteiger partial charge in [0.05, 0.1) is 31.5 Å². The summed E-state index contributed by atoms with van der Waals surface area (Å²) in [5.74, 6) is 0.690. The molecule has 7 heteroatoms. The molecule has 0 aliphatic rings. The number of fused-ring (bicyclic) bond motifs is 1. The summed E-state index contributed by atoms with van der Waals surface area (Å²) in [5, 5.41) is 7.36. The van der Waals surface area contributed by atoms with Crippen molar-refractivity contribution in [1.82, 2.24) is 19.7 Å². The Kier molecular flexibility index (Phi) is 4.44. The molecule has 0 saturated heterocycles. The fourth-order valence-electron chi connectivity index (χ4n) is 2.29. The van der Waals surface area contributed by atoms with Crippen molar-refractivity contribution in [1.29, 1.82) is 0 Å². The van der Waals surface area contributed by atoms with Crippen molar-refractivity contribution in [2.24, 2.45) is 0 Å². The zero-order chi connectivity index (χ0) is 15.5. The van der Waals surface area contributed by atoms with Crippen LogP contribution in [-0.4, -0.2) is 44.6 Å². The Morgan fingerprint density at radius 2 is 2.23 bits per heavy atom. The number of rotatable bonds is 6.